The molecule has 0 aliphatic heterocycles. The number of rotatable bonds is 3. The van der Waals surface area contributed by atoms with Gasteiger partial charge in [-0.2, -0.15) is 0 Å². The minimum atomic E-state index is -0.487. The molecule has 0 aliphatic carbocycles. The van der Waals surface area contributed by atoms with Gasteiger partial charge in [0.15, 0.2) is 11.5 Å². The number of hydrogen-bond acceptors (Lipinski definition) is 4. The van der Waals surface area contributed by atoms with Crippen LogP contribution in [0.4, 0.5) is 0 Å². The fourth-order valence-corrected chi connectivity index (χ4v) is 1.26. The molecule has 1 rings (SSSR count). The summed E-state index contributed by atoms with van der Waals surface area (Å²) < 4.78 is 9.48. The normalized spacial score (nSPS) is 9.53. The highest BCUT2D eigenvalue weighted by Crippen LogP contribution is 2.35. The van der Waals surface area contributed by atoms with Gasteiger partial charge in [-0.1, -0.05) is 11.6 Å². The summed E-state index contributed by atoms with van der Waals surface area (Å²) >= 11 is 5.84. The van der Waals surface area contributed by atoms with E-state index in [1.807, 2.05) is 0 Å². The molecule has 5 heteroatoms. The van der Waals surface area contributed by atoms with Gasteiger partial charge in [0.05, 0.1) is 0 Å². The highest BCUT2D eigenvalue weighted by molar-refractivity contribution is 6.33. The van der Waals surface area contributed by atoms with Crippen molar-refractivity contribution >= 4 is 24.0 Å². The van der Waals surface area contributed by atoms with E-state index in [4.69, 9.17) is 16.3 Å². The van der Waals surface area contributed by atoms with Crippen LogP contribution in [0.15, 0.2) is 12.1 Å². The topological polar surface area (TPSA) is 52.6 Å². The van der Waals surface area contributed by atoms with E-state index in [1.165, 1.54) is 6.92 Å². The summed E-state index contributed by atoms with van der Waals surface area (Å²) in [5.41, 5.74) is 0.771. The maximum Gasteiger partial charge on any atom is 0.308 e. The largest absolute Gasteiger partial charge is 0.427 e. The van der Waals surface area contributed by atoms with Crippen LogP contribution in [0.2, 0.25) is 5.02 Å². The van der Waals surface area contributed by atoms with Crippen LogP contribution in [0.25, 0.3) is 0 Å². The minimum absolute atomic E-state index is 0.0999. The predicted octanol–water partition coefficient (Wildman–Crippen LogP) is 2.11. The monoisotopic (exact) mass is 228 g/mol. The summed E-state index contributed by atoms with van der Waals surface area (Å²) in [4.78, 5) is 20.9. The quantitative estimate of drug-likeness (QED) is 0.452. The second-order valence-electron chi connectivity index (χ2n) is 2.88. The fraction of sp³-hybridized carbons (Fsp3) is 0.200. The second-order valence-corrected chi connectivity index (χ2v) is 3.26. The van der Waals surface area contributed by atoms with Crippen LogP contribution in [-0.2, 0) is 9.59 Å². The number of benzene rings is 1. The van der Waals surface area contributed by atoms with Gasteiger partial charge in [-0.15, -0.1) is 0 Å². The minimum Gasteiger partial charge on any atom is -0.427 e. The van der Waals surface area contributed by atoms with E-state index in [2.05, 4.69) is 4.74 Å². The Morgan fingerprint density at radius 3 is 2.53 bits per heavy atom. The molecule has 0 saturated carbocycles. The van der Waals surface area contributed by atoms with Crippen LogP contribution in [0.5, 0.6) is 11.5 Å². The molecule has 0 aromatic heterocycles. The molecule has 1 aromatic rings. The molecule has 0 atom stereocenters. The maximum absolute atomic E-state index is 10.8. The van der Waals surface area contributed by atoms with Crippen molar-refractivity contribution in [2.24, 2.45) is 0 Å². The SMILES string of the molecule is CC(=O)Oc1cc(C)cc(OC=O)c1Cl. The van der Waals surface area contributed by atoms with E-state index >= 15 is 0 Å². The molecular formula is C10H9ClO4. The molecular weight excluding hydrogens is 220 g/mol. The lowest BCUT2D eigenvalue weighted by Crippen LogP contribution is -2.03. The van der Waals surface area contributed by atoms with Crippen molar-refractivity contribution in [3.63, 3.8) is 0 Å². The summed E-state index contributed by atoms with van der Waals surface area (Å²) in [6.07, 6.45) is 0. The van der Waals surface area contributed by atoms with E-state index in [1.54, 1.807) is 19.1 Å². The van der Waals surface area contributed by atoms with E-state index in [0.29, 0.717) is 0 Å². The van der Waals surface area contributed by atoms with Gasteiger partial charge >= 0.3 is 5.97 Å². The Balaban J connectivity index is 3.15. The van der Waals surface area contributed by atoms with Gasteiger partial charge in [0, 0.05) is 6.92 Å². The molecule has 0 heterocycles. The molecule has 0 radical (unpaired) electrons. The molecule has 15 heavy (non-hydrogen) atoms. The molecule has 0 amide bonds. The number of carbonyl (C=O) groups excluding carboxylic acids is 2. The zero-order valence-corrected chi connectivity index (χ0v) is 9.00. The van der Waals surface area contributed by atoms with Crippen LogP contribution in [0.1, 0.15) is 12.5 Å². The number of hydrogen-bond donors (Lipinski definition) is 0. The summed E-state index contributed by atoms with van der Waals surface area (Å²) in [7, 11) is 0. The standard InChI is InChI=1S/C10H9ClO4/c1-6-3-8(14-5-12)10(11)9(4-6)15-7(2)13/h3-5H,1-2H3. The van der Waals surface area contributed by atoms with Crippen molar-refractivity contribution in [3.8, 4) is 11.5 Å². The number of carbonyl (C=O) groups is 2. The van der Waals surface area contributed by atoms with Gasteiger partial charge in [-0.05, 0) is 24.6 Å². The lowest BCUT2D eigenvalue weighted by Gasteiger charge is -2.08. The van der Waals surface area contributed by atoms with Crippen LogP contribution in [0, 0.1) is 6.92 Å². The number of halogens is 1. The predicted molar refractivity (Wildman–Crippen MR) is 54.2 cm³/mol. The van der Waals surface area contributed by atoms with Gasteiger partial charge in [-0.25, -0.2) is 0 Å². The molecule has 1 aromatic carbocycles. The molecule has 0 saturated heterocycles. The number of aryl methyl sites for hydroxylation is 1. The Morgan fingerprint density at radius 1 is 1.40 bits per heavy atom. The molecule has 80 valence electrons. The van der Waals surface area contributed by atoms with Crippen LogP contribution >= 0.6 is 11.6 Å². The molecule has 4 nitrogen and oxygen atoms in total. The molecule has 0 fully saturated rings. The molecule has 0 spiro atoms. The first-order valence-corrected chi connectivity index (χ1v) is 4.51. The highest BCUT2D eigenvalue weighted by atomic mass is 35.5. The Kier molecular flexibility index (Phi) is 3.68. The maximum atomic E-state index is 10.8. The molecule has 0 aliphatic rings. The van der Waals surface area contributed by atoms with Crippen molar-refractivity contribution < 1.29 is 19.1 Å². The van der Waals surface area contributed by atoms with E-state index in [0.717, 1.165) is 5.56 Å². The van der Waals surface area contributed by atoms with Crippen LogP contribution in [-0.4, -0.2) is 12.4 Å². The molecule has 0 bridgehead atoms. The first-order chi connectivity index (χ1) is 7.04. The molecule has 0 N–H and O–H groups in total. The number of ether oxygens (including phenoxy) is 2. The van der Waals surface area contributed by atoms with Crippen molar-refractivity contribution in [3.05, 3.63) is 22.7 Å². The van der Waals surface area contributed by atoms with Crippen molar-refractivity contribution in [1.29, 1.82) is 0 Å². The summed E-state index contributed by atoms with van der Waals surface area (Å²) in [6, 6.07) is 3.16. The lowest BCUT2D eigenvalue weighted by atomic mass is 10.2. The van der Waals surface area contributed by atoms with Gasteiger partial charge in [-0.3, -0.25) is 9.59 Å². The third-order valence-electron chi connectivity index (χ3n) is 1.58. The van der Waals surface area contributed by atoms with Crippen molar-refractivity contribution in [1.82, 2.24) is 0 Å². The second kappa shape index (κ2) is 4.79. The van der Waals surface area contributed by atoms with Gasteiger partial charge in [0.25, 0.3) is 6.47 Å². The smallest absolute Gasteiger partial charge is 0.308 e. The van der Waals surface area contributed by atoms with Crippen molar-refractivity contribution in [2.75, 3.05) is 0 Å². The zero-order valence-electron chi connectivity index (χ0n) is 8.24. The van der Waals surface area contributed by atoms with Gasteiger partial charge in [0.1, 0.15) is 5.02 Å². The fourth-order valence-electron chi connectivity index (χ4n) is 1.07. The summed E-state index contributed by atoms with van der Waals surface area (Å²) in [5.74, 6) is -0.136. The first-order valence-electron chi connectivity index (χ1n) is 4.13. The first kappa shape index (κ1) is 11.5. The van der Waals surface area contributed by atoms with Gasteiger partial charge in [0.2, 0.25) is 0 Å². The summed E-state index contributed by atoms with van der Waals surface area (Å²) in [6.45, 7) is 3.29. The Labute approximate surface area is 91.7 Å². The highest BCUT2D eigenvalue weighted by Gasteiger charge is 2.11. The van der Waals surface area contributed by atoms with Gasteiger partial charge < -0.3 is 9.47 Å². The summed E-state index contributed by atoms with van der Waals surface area (Å²) in [5, 5.41) is 0.0999. The average molecular weight is 229 g/mol. The van der Waals surface area contributed by atoms with E-state index < -0.39 is 5.97 Å². The third-order valence-corrected chi connectivity index (χ3v) is 1.95. The lowest BCUT2D eigenvalue weighted by molar-refractivity contribution is -0.131. The average Bonchev–Trinajstić information content (AvgIpc) is 2.12. The number of esters is 1. The third kappa shape index (κ3) is 2.95. The van der Waals surface area contributed by atoms with Crippen molar-refractivity contribution in [2.45, 2.75) is 13.8 Å². The molecule has 0 unspecified atom stereocenters. The Morgan fingerprint density at radius 2 is 2.00 bits per heavy atom. The van der Waals surface area contributed by atoms with Crippen LogP contribution in [0.3, 0.4) is 0 Å². The Bertz CT molecular complexity index is 401. The van der Waals surface area contributed by atoms with E-state index in [9.17, 15) is 9.59 Å². The Hall–Kier alpha value is -1.55. The zero-order chi connectivity index (χ0) is 11.4. The van der Waals surface area contributed by atoms with E-state index in [-0.39, 0.29) is 23.0 Å². The van der Waals surface area contributed by atoms with Crippen LogP contribution < -0.4 is 9.47 Å².